The van der Waals surface area contributed by atoms with Crippen molar-refractivity contribution in [2.75, 3.05) is 0 Å². The third-order valence-electron chi connectivity index (χ3n) is 2.20. The van der Waals surface area contributed by atoms with Gasteiger partial charge in [0, 0.05) is 32.3 Å². The Labute approximate surface area is 93.2 Å². The Morgan fingerprint density at radius 1 is 1.35 bits per heavy atom. The van der Waals surface area contributed by atoms with E-state index in [1.165, 1.54) is 17.0 Å². The van der Waals surface area contributed by atoms with Crippen molar-refractivity contribution in [2.45, 2.75) is 24.9 Å². The highest BCUT2D eigenvalue weighted by Crippen LogP contribution is 2.36. The van der Waals surface area contributed by atoms with Gasteiger partial charge in [-0.2, -0.15) is 22.0 Å². The van der Waals surface area contributed by atoms with Gasteiger partial charge >= 0.3 is 12.1 Å². The number of aromatic nitrogens is 2. The van der Waals surface area contributed by atoms with Crippen LogP contribution in [0.4, 0.5) is 22.0 Å². The lowest BCUT2D eigenvalue weighted by atomic mass is 10.1. The van der Waals surface area contributed by atoms with Gasteiger partial charge in [-0.25, -0.2) is 4.98 Å². The zero-order valence-corrected chi connectivity index (χ0v) is 8.76. The molecule has 0 aromatic carbocycles. The van der Waals surface area contributed by atoms with Crippen LogP contribution >= 0.6 is 0 Å². The van der Waals surface area contributed by atoms with Crippen LogP contribution in [-0.2, 0) is 18.3 Å². The molecule has 17 heavy (non-hydrogen) atoms. The summed E-state index contributed by atoms with van der Waals surface area (Å²) in [5, 5.41) is 0. The molecule has 0 radical (unpaired) electrons. The predicted molar refractivity (Wildman–Crippen MR) is 47.5 cm³/mol. The number of hydrogen-bond donors (Lipinski definition) is 0. The van der Waals surface area contributed by atoms with Crippen LogP contribution in [0, 0.1) is 0 Å². The lowest BCUT2D eigenvalue weighted by molar-refractivity contribution is -0.268. The summed E-state index contributed by atoms with van der Waals surface area (Å²) in [4.78, 5) is 14.5. The van der Waals surface area contributed by atoms with Crippen molar-refractivity contribution in [3.8, 4) is 0 Å². The molecule has 0 atom stereocenters. The Bertz CT molecular complexity index is 410. The van der Waals surface area contributed by atoms with E-state index in [0.29, 0.717) is 0 Å². The minimum Gasteiger partial charge on any atom is -0.338 e. The van der Waals surface area contributed by atoms with Crippen molar-refractivity contribution in [3.63, 3.8) is 0 Å². The molecule has 1 rings (SSSR count). The number of aryl methyl sites for hydroxylation is 2. The summed E-state index contributed by atoms with van der Waals surface area (Å²) in [6, 6.07) is 0. The molecule has 1 heterocycles. The molecule has 96 valence electrons. The quantitative estimate of drug-likeness (QED) is 0.773. The van der Waals surface area contributed by atoms with Crippen molar-refractivity contribution in [1.82, 2.24) is 9.55 Å². The molecule has 0 bridgehead atoms. The summed E-state index contributed by atoms with van der Waals surface area (Å²) in [7, 11) is 1.55. The number of nitrogens with zero attached hydrogens (tertiary/aromatic N) is 2. The average Bonchev–Trinajstić information content (AvgIpc) is 2.58. The van der Waals surface area contributed by atoms with E-state index < -0.39 is 24.3 Å². The molecular formula is C9H9F5N2O. The fourth-order valence-corrected chi connectivity index (χ4v) is 1.18. The molecular weight excluding hydrogens is 247 g/mol. The van der Waals surface area contributed by atoms with Gasteiger partial charge in [0.15, 0.2) is 0 Å². The molecule has 0 spiro atoms. The zero-order valence-electron chi connectivity index (χ0n) is 8.76. The second-order valence-corrected chi connectivity index (χ2v) is 3.45. The highest BCUT2D eigenvalue weighted by molar-refractivity contribution is 5.86. The number of Topliss-reactive ketones (excluding diaryl/α,β-unsaturated/α-hetero) is 1. The van der Waals surface area contributed by atoms with E-state index in [1.807, 2.05) is 0 Å². The van der Waals surface area contributed by atoms with Crippen LogP contribution in [0.15, 0.2) is 12.4 Å². The topological polar surface area (TPSA) is 34.9 Å². The van der Waals surface area contributed by atoms with Gasteiger partial charge in [-0.05, 0) is 0 Å². The Balaban J connectivity index is 2.65. The van der Waals surface area contributed by atoms with Crippen LogP contribution in [0.2, 0.25) is 0 Å². The van der Waals surface area contributed by atoms with Gasteiger partial charge in [0.05, 0.1) is 0 Å². The Kier molecular flexibility index (Phi) is 3.53. The monoisotopic (exact) mass is 256 g/mol. The molecule has 0 amide bonds. The number of carbonyl (C=O) groups is 1. The average molecular weight is 256 g/mol. The number of ketones is 1. The van der Waals surface area contributed by atoms with Gasteiger partial charge in [-0.1, -0.05) is 0 Å². The van der Waals surface area contributed by atoms with Crippen molar-refractivity contribution >= 4 is 5.78 Å². The van der Waals surface area contributed by atoms with Crippen molar-refractivity contribution in [1.29, 1.82) is 0 Å². The van der Waals surface area contributed by atoms with E-state index in [9.17, 15) is 26.7 Å². The standard InChI is InChI=1S/C9H9F5N2O/c1-16-5-4-15-7(16)3-2-6(17)8(10,11)9(12,13)14/h4-5H,2-3H2,1H3. The Morgan fingerprint density at radius 3 is 2.35 bits per heavy atom. The molecule has 0 aliphatic rings. The smallest absolute Gasteiger partial charge is 0.338 e. The predicted octanol–water partition coefficient (Wildman–Crippen LogP) is 2.12. The third kappa shape index (κ3) is 2.80. The fourth-order valence-electron chi connectivity index (χ4n) is 1.18. The molecule has 0 N–H and O–H groups in total. The number of halogens is 5. The molecule has 3 nitrogen and oxygen atoms in total. The van der Waals surface area contributed by atoms with Crippen LogP contribution in [0.3, 0.4) is 0 Å². The first kappa shape index (κ1) is 13.6. The van der Waals surface area contributed by atoms with Gasteiger partial charge < -0.3 is 4.57 Å². The molecule has 0 aliphatic heterocycles. The van der Waals surface area contributed by atoms with E-state index in [0.717, 1.165) is 0 Å². The largest absolute Gasteiger partial charge is 0.461 e. The third-order valence-corrected chi connectivity index (χ3v) is 2.20. The second kappa shape index (κ2) is 4.42. The first-order valence-electron chi connectivity index (χ1n) is 4.60. The highest BCUT2D eigenvalue weighted by Gasteiger charge is 2.62. The van der Waals surface area contributed by atoms with Crippen molar-refractivity contribution in [2.24, 2.45) is 7.05 Å². The summed E-state index contributed by atoms with van der Waals surface area (Å²) in [5.41, 5.74) is 0. The number of rotatable bonds is 4. The molecule has 1 aromatic heterocycles. The fraction of sp³-hybridized carbons (Fsp3) is 0.556. The van der Waals surface area contributed by atoms with Crippen molar-refractivity contribution in [3.05, 3.63) is 18.2 Å². The van der Waals surface area contributed by atoms with Crippen molar-refractivity contribution < 1.29 is 26.7 Å². The minimum atomic E-state index is -5.84. The van der Waals surface area contributed by atoms with Gasteiger partial charge in [0.2, 0.25) is 5.78 Å². The SMILES string of the molecule is Cn1ccnc1CCC(=O)C(F)(F)C(F)(F)F. The minimum absolute atomic E-state index is 0.256. The van der Waals surface area contributed by atoms with Crippen LogP contribution in [-0.4, -0.2) is 27.4 Å². The Hall–Kier alpha value is -1.47. The first-order chi connectivity index (χ1) is 7.66. The summed E-state index contributed by atoms with van der Waals surface area (Å²) >= 11 is 0. The molecule has 0 saturated heterocycles. The Morgan fingerprint density at radius 2 is 1.94 bits per heavy atom. The molecule has 8 heteroatoms. The van der Waals surface area contributed by atoms with E-state index >= 15 is 0 Å². The van der Waals surface area contributed by atoms with Gasteiger partial charge in [0.1, 0.15) is 5.82 Å². The molecule has 0 fully saturated rings. The maximum absolute atomic E-state index is 12.6. The van der Waals surface area contributed by atoms with Crippen LogP contribution < -0.4 is 0 Å². The van der Waals surface area contributed by atoms with Gasteiger partial charge in [-0.15, -0.1) is 0 Å². The lowest BCUT2D eigenvalue weighted by Crippen LogP contribution is -2.44. The number of carbonyl (C=O) groups excluding carboxylic acids is 1. The number of alkyl halides is 5. The molecule has 0 saturated carbocycles. The van der Waals surface area contributed by atoms with E-state index in [1.54, 1.807) is 7.05 Å². The normalized spacial score (nSPS) is 12.8. The first-order valence-corrected chi connectivity index (χ1v) is 4.60. The van der Waals surface area contributed by atoms with E-state index in [2.05, 4.69) is 4.98 Å². The molecule has 0 unspecified atom stereocenters. The number of hydrogen-bond acceptors (Lipinski definition) is 2. The highest BCUT2D eigenvalue weighted by atomic mass is 19.4. The summed E-state index contributed by atoms with van der Waals surface area (Å²) in [6.45, 7) is 0. The number of imidazole rings is 1. The maximum Gasteiger partial charge on any atom is 0.461 e. The van der Waals surface area contributed by atoms with Gasteiger partial charge in [0.25, 0.3) is 0 Å². The second-order valence-electron chi connectivity index (χ2n) is 3.45. The lowest BCUT2D eigenvalue weighted by Gasteiger charge is -2.17. The zero-order chi connectivity index (χ0) is 13.3. The van der Waals surface area contributed by atoms with Gasteiger partial charge in [-0.3, -0.25) is 4.79 Å². The van der Waals surface area contributed by atoms with E-state index in [-0.39, 0.29) is 12.2 Å². The van der Waals surface area contributed by atoms with Crippen LogP contribution in [0.5, 0.6) is 0 Å². The maximum atomic E-state index is 12.6. The van der Waals surface area contributed by atoms with E-state index in [4.69, 9.17) is 0 Å². The molecule has 1 aromatic rings. The summed E-state index contributed by atoms with van der Waals surface area (Å²) in [5.74, 6) is -7.16. The van der Waals surface area contributed by atoms with Crippen LogP contribution in [0.25, 0.3) is 0 Å². The summed E-state index contributed by atoms with van der Waals surface area (Å²) in [6.07, 6.45) is -4.14. The van der Waals surface area contributed by atoms with Crippen LogP contribution in [0.1, 0.15) is 12.2 Å². The summed E-state index contributed by atoms with van der Waals surface area (Å²) < 4.78 is 62.1. The molecule has 0 aliphatic carbocycles.